The molecule has 1 aromatic rings. The van der Waals surface area contributed by atoms with Gasteiger partial charge in [-0.25, -0.2) is 14.4 Å². The van der Waals surface area contributed by atoms with E-state index in [0.29, 0.717) is 12.3 Å². The van der Waals surface area contributed by atoms with Crippen LogP contribution in [-0.4, -0.2) is 48.7 Å². The molecule has 3 rings (SSSR count). The minimum atomic E-state index is -1.12. The normalized spacial score (nSPS) is 16.3. The fourth-order valence-corrected chi connectivity index (χ4v) is 4.68. The van der Waals surface area contributed by atoms with E-state index in [2.05, 4.69) is 60.6 Å². The summed E-state index contributed by atoms with van der Waals surface area (Å²) < 4.78 is 15.6. The number of ether oxygens (including phenoxy) is 3. The molecule has 0 bridgehead atoms. The van der Waals surface area contributed by atoms with Crippen LogP contribution in [0.1, 0.15) is 51.5 Å². The van der Waals surface area contributed by atoms with Crippen molar-refractivity contribution >= 4 is 17.9 Å². The highest BCUT2D eigenvalue weighted by atomic mass is 16.6. The molecule has 0 amide bonds. The molecule has 1 aromatic carbocycles. The first kappa shape index (κ1) is 32.9. The summed E-state index contributed by atoms with van der Waals surface area (Å²) in [6.45, 7) is 11.0. The predicted molar refractivity (Wildman–Crippen MR) is 164 cm³/mol. The van der Waals surface area contributed by atoms with E-state index in [1.54, 1.807) is 0 Å². The lowest BCUT2D eigenvalue weighted by atomic mass is 9.92. The maximum absolute atomic E-state index is 12.9. The standard InChI is InChI=1S/C35H40N2O6/c1-25(2)33(38)41-23-32(24-42-34(39)26(3)4)43-35(40)30(20-36)19-27-15-17-31(18-16-27)37(21-28-11-7-5-8-12-28)22-29-13-9-6-10-14-29/h5-9,11-12,15,17,19,29,32H,1,3,10,13-14,16,18,21-24H2,2,4H3/b30-19+. The Labute approximate surface area is 254 Å². The van der Waals surface area contributed by atoms with Crippen LogP contribution in [0, 0.1) is 17.2 Å². The number of carbonyl (C=O) groups excluding carboxylic acids is 3. The molecule has 0 aromatic heterocycles. The van der Waals surface area contributed by atoms with E-state index in [0.717, 1.165) is 37.9 Å². The number of esters is 3. The molecule has 1 atom stereocenters. The summed E-state index contributed by atoms with van der Waals surface area (Å²) >= 11 is 0. The van der Waals surface area contributed by atoms with Crippen LogP contribution in [-0.2, 0) is 35.1 Å². The number of nitrogens with zero attached hydrogens (tertiary/aromatic N) is 2. The molecule has 226 valence electrons. The number of hydrogen-bond acceptors (Lipinski definition) is 8. The summed E-state index contributed by atoms with van der Waals surface area (Å²) in [4.78, 5) is 39.1. The lowest BCUT2D eigenvalue weighted by Crippen LogP contribution is -2.31. The summed E-state index contributed by atoms with van der Waals surface area (Å²) in [6.07, 6.45) is 13.7. The molecule has 0 radical (unpaired) electrons. The van der Waals surface area contributed by atoms with E-state index in [1.807, 2.05) is 18.2 Å². The number of allylic oxidation sites excluding steroid dienone is 7. The van der Waals surface area contributed by atoms with Crippen LogP contribution in [0.2, 0.25) is 0 Å². The van der Waals surface area contributed by atoms with Crippen molar-refractivity contribution in [3.63, 3.8) is 0 Å². The highest BCUT2D eigenvalue weighted by Gasteiger charge is 2.23. The number of nitriles is 1. The third-order valence-corrected chi connectivity index (χ3v) is 7.08. The van der Waals surface area contributed by atoms with E-state index in [-0.39, 0.29) is 29.9 Å². The summed E-state index contributed by atoms with van der Waals surface area (Å²) in [5.41, 5.74) is 3.40. The SMILES string of the molecule is C=C(C)C(=O)OCC(COC(=O)C(=C)C)OC(=O)/C(C#N)=C/C1=CC=C(N(Cc2ccccc2)CC2CC=CCC2)CC1. The van der Waals surface area contributed by atoms with Gasteiger partial charge in [-0.2, -0.15) is 5.26 Å². The number of benzene rings is 1. The third kappa shape index (κ3) is 10.9. The second-order valence-corrected chi connectivity index (χ2v) is 10.9. The molecule has 0 heterocycles. The third-order valence-electron chi connectivity index (χ3n) is 7.08. The van der Waals surface area contributed by atoms with Crippen LogP contribution in [0.15, 0.2) is 102 Å². The summed E-state index contributed by atoms with van der Waals surface area (Å²) in [5.74, 6) is -1.67. The number of carbonyl (C=O) groups is 3. The molecular weight excluding hydrogens is 544 g/mol. The second-order valence-electron chi connectivity index (χ2n) is 10.9. The van der Waals surface area contributed by atoms with Gasteiger partial charge in [0.1, 0.15) is 24.9 Å². The molecule has 8 heteroatoms. The molecule has 43 heavy (non-hydrogen) atoms. The largest absolute Gasteiger partial charge is 0.458 e. The van der Waals surface area contributed by atoms with Gasteiger partial charge >= 0.3 is 17.9 Å². The maximum atomic E-state index is 12.9. The van der Waals surface area contributed by atoms with Crippen LogP contribution < -0.4 is 0 Å². The van der Waals surface area contributed by atoms with Gasteiger partial charge in [0, 0.05) is 29.9 Å². The lowest BCUT2D eigenvalue weighted by Gasteiger charge is -2.33. The van der Waals surface area contributed by atoms with Gasteiger partial charge in [0.05, 0.1) is 0 Å². The lowest BCUT2D eigenvalue weighted by molar-refractivity contribution is -0.161. The Kier molecular flexibility index (Phi) is 12.8. The first-order chi connectivity index (χ1) is 20.7. The fourth-order valence-electron chi connectivity index (χ4n) is 4.68. The fraction of sp³-hybridized carbons (Fsp3) is 0.371. The van der Waals surface area contributed by atoms with E-state index in [4.69, 9.17) is 14.2 Å². The average Bonchev–Trinajstić information content (AvgIpc) is 3.01. The highest BCUT2D eigenvalue weighted by Crippen LogP contribution is 2.28. The Morgan fingerprint density at radius 3 is 2.21 bits per heavy atom. The maximum Gasteiger partial charge on any atom is 0.349 e. The van der Waals surface area contributed by atoms with Crippen molar-refractivity contribution < 1.29 is 28.6 Å². The Bertz CT molecular complexity index is 1330. The van der Waals surface area contributed by atoms with Crippen LogP contribution in [0.3, 0.4) is 0 Å². The topological polar surface area (TPSA) is 106 Å². The second kappa shape index (κ2) is 16.7. The van der Waals surface area contributed by atoms with Gasteiger partial charge in [-0.05, 0) is 75.2 Å². The number of rotatable bonds is 14. The van der Waals surface area contributed by atoms with E-state index in [9.17, 15) is 19.6 Å². The summed E-state index contributed by atoms with van der Waals surface area (Å²) in [6, 6.07) is 12.3. The van der Waals surface area contributed by atoms with Gasteiger partial charge < -0.3 is 19.1 Å². The van der Waals surface area contributed by atoms with Crippen molar-refractivity contribution in [2.24, 2.45) is 5.92 Å². The first-order valence-corrected chi connectivity index (χ1v) is 14.5. The molecule has 2 aliphatic carbocycles. The van der Waals surface area contributed by atoms with Crippen LogP contribution in [0.25, 0.3) is 0 Å². The molecule has 0 fully saturated rings. The van der Waals surface area contributed by atoms with Crippen molar-refractivity contribution in [2.75, 3.05) is 19.8 Å². The Morgan fingerprint density at radius 1 is 1.00 bits per heavy atom. The molecule has 0 spiro atoms. The highest BCUT2D eigenvalue weighted by molar-refractivity contribution is 5.93. The Hall–Kier alpha value is -4.64. The Morgan fingerprint density at radius 2 is 1.67 bits per heavy atom. The monoisotopic (exact) mass is 584 g/mol. The molecule has 0 N–H and O–H groups in total. The minimum absolute atomic E-state index is 0.163. The predicted octanol–water partition coefficient (Wildman–Crippen LogP) is 6.05. The first-order valence-electron chi connectivity index (χ1n) is 14.5. The van der Waals surface area contributed by atoms with Gasteiger partial charge in [0.15, 0.2) is 6.10 Å². The van der Waals surface area contributed by atoms with Gasteiger partial charge in [-0.3, -0.25) is 0 Å². The molecule has 1 unspecified atom stereocenters. The molecular formula is C35H40N2O6. The van der Waals surface area contributed by atoms with Crippen molar-refractivity contribution in [2.45, 2.75) is 58.6 Å². The molecule has 0 aliphatic heterocycles. The van der Waals surface area contributed by atoms with E-state index < -0.39 is 24.0 Å². The van der Waals surface area contributed by atoms with Gasteiger partial charge in [0.25, 0.3) is 0 Å². The van der Waals surface area contributed by atoms with Gasteiger partial charge in [-0.1, -0.05) is 61.7 Å². The minimum Gasteiger partial charge on any atom is -0.458 e. The molecule has 0 saturated heterocycles. The van der Waals surface area contributed by atoms with Crippen LogP contribution in [0.4, 0.5) is 0 Å². The van der Waals surface area contributed by atoms with E-state index >= 15 is 0 Å². The van der Waals surface area contributed by atoms with Gasteiger partial charge in [-0.15, -0.1) is 0 Å². The summed E-state index contributed by atoms with van der Waals surface area (Å²) in [5, 5.41) is 9.74. The van der Waals surface area contributed by atoms with Crippen LogP contribution >= 0.6 is 0 Å². The molecule has 8 nitrogen and oxygen atoms in total. The quantitative estimate of drug-likeness (QED) is 0.0856. The van der Waals surface area contributed by atoms with E-state index in [1.165, 1.54) is 37.6 Å². The van der Waals surface area contributed by atoms with Crippen molar-refractivity contribution in [3.8, 4) is 6.07 Å². The van der Waals surface area contributed by atoms with Crippen LogP contribution in [0.5, 0.6) is 0 Å². The zero-order chi connectivity index (χ0) is 31.2. The Balaban J connectivity index is 1.72. The molecule has 2 aliphatic rings. The summed E-state index contributed by atoms with van der Waals surface area (Å²) in [7, 11) is 0. The average molecular weight is 585 g/mol. The number of hydrogen-bond donors (Lipinski definition) is 0. The zero-order valence-electron chi connectivity index (χ0n) is 25.1. The molecule has 0 saturated carbocycles. The van der Waals surface area contributed by atoms with Crippen molar-refractivity contribution in [1.29, 1.82) is 5.26 Å². The smallest absolute Gasteiger partial charge is 0.349 e. The zero-order valence-corrected chi connectivity index (χ0v) is 25.1. The van der Waals surface area contributed by atoms with Crippen molar-refractivity contribution in [1.82, 2.24) is 4.90 Å². The van der Waals surface area contributed by atoms with Gasteiger partial charge in [0.2, 0.25) is 0 Å². The van der Waals surface area contributed by atoms with Crippen molar-refractivity contribution in [3.05, 3.63) is 107 Å².